The van der Waals surface area contributed by atoms with Crippen molar-refractivity contribution < 1.29 is 17.9 Å². The summed E-state index contributed by atoms with van der Waals surface area (Å²) in [6.07, 6.45) is -4.76. The van der Waals surface area contributed by atoms with Gasteiger partial charge in [0.1, 0.15) is 4.99 Å². The van der Waals surface area contributed by atoms with Crippen molar-refractivity contribution in [1.82, 2.24) is 4.98 Å². The first-order valence-electron chi connectivity index (χ1n) is 4.73. The van der Waals surface area contributed by atoms with Crippen LogP contribution in [0.1, 0.15) is 18.2 Å². The molecule has 0 bridgehead atoms. The summed E-state index contributed by atoms with van der Waals surface area (Å²) in [5.41, 5.74) is 6.26. The highest BCUT2D eigenvalue weighted by molar-refractivity contribution is 7.80. The van der Waals surface area contributed by atoms with Crippen LogP contribution < -0.4 is 5.73 Å². The van der Waals surface area contributed by atoms with Crippen LogP contribution in [0.2, 0.25) is 0 Å². The van der Waals surface area contributed by atoms with Gasteiger partial charge >= 0.3 is 6.18 Å². The van der Waals surface area contributed by atoms with Crippen LogP contribution in [-0.4, -0.2) is 22.3 Å². The van der Waals surface area contributed by atoms with Crippen LogP contribution in [0.3, 0.4) is 0 Å². The summed E-state index contributed by atoms with van der Waals surface area (Å²) in [6, 6.07) is 3.05. The lowest BCUT2D eigenvalue weighted by Gasteiger charge is -2.16. The molecule has 0 saturated carbocycles. The summed E-state index contributed by atoms with van der Waals surface area (Å²) in [6.45, 7) is 0.786. The second-order valence-electron chi connectivity index (χ2n) is 3.41. The normalized spacial score (nSPS) is 13.4. The van der Waals surface area contributed by atoms with Crippen molar-refractivity contribution in [3.8, 4) is 0 Å². The molecule has 0 aliphatic carbocycles. The zero-order valence-corrected chi connectivity index (χ0v) is 9.81. The van der Waals surface area contributed by atoms with Crippen LogP contribution >= 0.6 is 12.2 Å². The fourth-order valence-corrected chi connectivity index (χ4v) is 1.13. The highest BCUT2D eigenvalue weighted by Gasteiger charge is 2.36. The average molecular weight is 264 g/mol. The molecule has 0 saturated heterocycles. The minimum absolute atomic E-state index is 0.0933. The summed E-state index contributed by atoms with van der Waals surface area (Å²) < 4.78 is 41.2. The summed E-state index contributed by atoms with van der Waals surface area (Å²) in [5.74, 6) is 0. The highest BCUT2D eigenvalue weighted by Crippen LogP contribution is 2.23. The number of nitrogens with zero attached hydrogens (tertiary/aromatic N) is 1. The second-order valence-corrected chi connectivity index (χ2v) is 3.85. The zero-order valence-electron chi connectivity index (χ0n) is 8.99. The smallest absolute Gasteiger partial charge is 0.388 e. The molecule has 0 amide bonds. The van der Waals surface area contributed by atoms with Crippen LogP contribution in [0.15, 0.2) is 18.3 Å². The van der Waals surface area contributed by atoms with E-state index in [4.69, 9.17) is 22.7 Å². The number of ether oxygens (including phenoxy) is 1. The molecule has 1 aromatic heterocycles. The number of thiocarbonyl (C=S) groups is 1. The summed E-state index contributed by atoms with van der Waals surface area (Å²) in [5, 5.41) is 0. The lowest BCUT2D eigenvalue weighted by atomic mass is 10.2. The Morgan fingerprint density at radius 3 is 2.76 bits per heavy atom. The maximum atomic E-state index is 12.2. The predicted octanol–water partition coefficient (Wildman–Crippen LogP) is 2.18. The van der Waals surface area contributed by atoms with Crippen molar-refractivity contribution in [1.29, 1.82) is 0 Å². The van der Waals surface area contributed by atoms with Crippen LogP contribution in [0.4, 0.5) is 13.2 Å². The molecule has 7 heteroatoms. The van der Waals surface area contributed by atoms with E-state index in [1.807, 2.05) is 0 Å². The Morgan fingerprint density at radius 1 is 1.59 bits per heavy atom. The zero-order chi connectivity index (χ0) is 13.1. The van der Waals surface area contributed by atoms with Gasteiger partial charge in [-0.1, -0.05) is 12.2 Å². The van der Waals surface area contributed by atoms with Gasteiger partial charge in [0.15, 0.2) is 6.10 Å². The van der Waals surface area contributed by atoms with Crippen LogP contribution in [0.25, 0.3) is 0 Å². The molecule has 94 valence electrons. The van der Waals surface area contributed by atoms with Crippen molar-refractivity contribution in [2.45, 2.75) is 25.8 Å². The third kappa shape index (κ3) is 4.27. The first-order valence-corrected chi connectivity index (χ1v) is 5.14. The van der Waals surface area contributed by atoms with Gasteiger partial charge < -0.3 is 10.5 Å². The van der Waals surface area contributed by atoms with Gasteiger partial charge in [0.25, 0.3) is 0 Å². The third-order valence-electron chi connectivity index (χ3n) is 2.04. The Labute approximate surface area is 102 Å². The highest BCUT2D eigenvalue weighted by atomic mass is 32.1. The summed E-state index contributed by atoms with van der Waals surface area (Å²) in [7, 11) is 0. The van der Waals surface area contributed by atoms with Gasteiger partial charge in [-0.05, 0) is 24.6 Å². The Kier molecular flexibility index (Phi) is 4.41. The van der Waals surface area contributed by atoms with Gasteiger partial charge in [0, 0.05) is 6.20 Å². The van der Waals surface area contributed by atoms with Crippen molar-refractivity contribution in [3.05, 3.63) is 29.6 Å². The Balaban J connectivity index is 2.64. The third-order valence-corrected chi connectivity index (χ3v) is 2.25. The molecular formula is C10H11F3N2OS. The molecule has 0 aliphatic heterocycles. The molecule has 1 rings (SSSR count). The van der Waals surface area contributed by atoms with E-state index in [1.54, 1.807) is 6.07 Å². The molecule has 0 aliphatic rings. The topological polar surface area (TPSA) is 48.1 Å². The van der Waals surface area contributed by atoms with Crippen molar-refractivity contribution in [2.24, 2.45) is 5.73 Å². The number of rotatable bonds is 4. The number of hydrogen-bond acceptors (Lipinski definition) is 3. The molecule has 0 spiro atoms. The van der Waals surface area contributed by atoms with Crippen LogP contribution in [0, 0.1) is 0 Å². The van der Waals surface area contributed by atoms with E-state index < -0.39 is 12.3 Å². The molecular weight excluding hydrogens is 253 g/mol. The summed E-state index contributed by atoms with van der Waals surface area (Å²) in [4.78, 5) is 3.96. The molecule has 0 aromatic carbocycles. The van der Waals surface area contributed by atoms with E-state index in [0.717, 1.165) is 6.92 Å². The van der Waals surface area contributed by atoms with E-state index in [0.29, 0.717) is 11.3 Å². The van der Waals surface area contributed by atoms with E-state index in [-0.39, 0.29) is 11.6 Å². The molecule has 0 radical (unpaired) electrons. The molecule has 1 atom stereocenters. The number of hydrogen-bond donors (Lipinski definition) is 1. The Hall–Kier alpha value is -1.21. The Morgan fingerprint density at radius 2 is 2.24 bits per heavy atom. The van der Waals surface area contributed by atoms with Crippen molar-refractivity contribution >= 4 is 17.2 Å². The maximum Gasteiger partial charge on any atom is 0.414 e. The first-order chi connectivity index (χ1) is 7.80. The van der Waals surface area contributed by atoms with Crippen LogP contribution in [0.5, 0.6) is 0 Å². The molecule has 1 heterocycles. The van der Waals surface area contributed by atoms with E-state index in [1.165, 1.54) is 12.3 Å². The van der Waals surface area contributed by atoms with Gasteiger partial charge in [0.2, 0.25) is 0 Å². The number of pyridine rings is 1. The van der Waals surface area contributed by atoms with Gasteiger partial charge in [-0.25, -0.2) is 0 Å². The molecule has 0 fully saturated rings. The number of halogens is 3. The summed E-state index contributed by atoms with van der Waals surface area (Å²) >= 11 is 4.71. The van der Waals surface area contributed by atoms with Crippen molar-refractivity contribution in [3.63, 3.8) is 0 Å². The van der Waals surface area contributed by atoms with E-state index in [2.05, 4.69) is 4.98 Å². The van der Waals surface area contributed by atoms with Gasteiger partial charge in [0.05, 0.1) is 12.3 Å². The molecule has 1 unspecified atom stereocenters. The minimum atomic E-state index is -4.36. The average Bonchev–Trinajstić information content (AvgIpc) is 2.25. The van der Waals surface area contributed by atoms with Gasteiger partial charge in [-0.3, -0.25) is 4.98 Å². The minimum Gasteiger partial charge on any atom is -0.388 e. The Bertz CT molecular complexity index is 409. The quantitative estimate of drug-likeness (QED) is 0.847. The number of alkyl halides is 3. The fourth-order valence-electron chi connectivity index (χ4n) is 1.01. The SMILES string of the molecule is CC(OCc1ccnc(C(N)=S)c1)C(F)(F)F. The molecule has 1 aromatic rings. The lowest BCUT2D eigenvalue weighted by molar-refractivity contribution is -0.217. The number of aromatic nitrogens is 1. The van der Waals surface area contributed by atoms with E-state index >= 15 is 0 Å². The van der Waals surface area contributed by atoms with E-state index in [9.17, 15) is 13.2 Å². The number of nitrogens with two attached hydrogens (primary N) is 1. The largest absolute Gasteiger partial charge is 0.414 e. The lowest BCUT2D eigenvalue weighted by Crippen LogP contribution is -2.28. The van der Waals surface area contributed by atoms with Gasteiger partial charge in [-0.2, -0.15) is 13.2 Å². The fraction of sp³-hybridized carbons (Fsp3) is 0.400. The van der Waals surface area contributed by atoms with Crippen molar-refractivity contribution in [2.75, 3.05) is 0 Å². The van der Waals surface area contributed by atoms with Crippen LogP contribution in [-0.2, 0) is 11.3 Å². The monoisotopic (exact) mass is 264 g/mol. The maximum absolute atomic E-state index is 12.2. The molecule has 3 nitrogen and oxygen atoms in total. The molecule has 2 N–H and O–H groups in total. The molecule has 17 heavy (non-hydrogen) atoms. The first kappa shape index (κ1) is 13.9. The predicted molar refractivity (Wildman–Crippen MR) is 60.4 cm³/mol. The second kappa shape index (κ2) is 5.42. The standard InChI is InChI=1S/C10H11F3N2OS/c1-6(10(11,12)13)16-5-7-2-3-15-8(4-7)9(14)17/h2-4,6H,5H2,1H3,(H2,14,17). The van der Waals surface area contributed by atoms with Gasteiger partial charge in [-0.15, -0.1) is 0 Å².